The molecule has 0 saturated heterocycles. The van der Waals surface area contributed by atoms with Gasteiger partial charge in [-0.2, -0.15) is 11.8 Å². The predicted octanol–water partition coefficient (Wildman–Crippen LogP) is 3.86. The number of rotatable bonds is 5. The summed E-state index contributed by atoms with van der Waals surface area (Å²) in [5.41, 5.74) is 0.599. The van der Waals surface area contributed by atoms with E-state index >= 15 is 0 Å². The molecule has 0 bridgehead atoms. The van der Waals surface area contributed by atoms with E-state index in [1.165, 1.54) is 6.42 Å². The van der Waals surface area contributed by atoms with E-state index in [0.717, 1.165) is 23.1 Å². The summed E-state index contributed by atoms with van der Waals surface area (Å²) in [6.07, 6.45) is 3.34. The molecule has 3 nitrogen and oxygen atoms in total. The van der Waals surface area contributed by atoms with Crippen LogP contribution >= 0.6 is 27.7 Å². The van der Waals surface area contributed by atoms with Gasteiger partial charge in [0, 0.05) is 15.8 Å². The second-order valence-electron chi connectivity index (χ2n) is 4.91. The quantitative estimate of drug-likeness (QED) is 0.869. The number of amides is 1. The molecule has 2 unspecified atom stereocenters. The average molecular weight is 358 g/mol. The molecule has 0 heterocycles. The van der Waals surface area contributed by atoms with Crippen LogP contribution in [0.1, 0.15) is 36.5 Å². The van der Waals surface area contributed by atoms with Crippen LogP contribution in [0.4, 0.5) is 0 Å². The van der Waals surface area contributed by atoms with Crippen LogP contribution in [0.15, 0.2) is 22.7 Å². The van der Waals surface area contributed by atoms with E-state index in [1.54, 1.807) is 13.2 Å². The number of hydrogen-bond acceptors (Lipinski definition) is 3. The molecule has 1 N–H and O–H groups in total. The van der Waals surface area contributed by atoms with Gasteiger partial charge in [-0.1, -0.05) is 22.9 Å². The van der Waals surface area contributed by atoms with Crippen LogP contribution in [-0.4, -0.2) is 30.1 Å². The highest BCUT2D eigenvalue weighted by atomic mass is 79.9. The van der Waals surface area contributed by atoms with E-state index in [9.17, 15) is 4.79 Å². The molecule has 0 aromatic heterocycles. The minimum Gasteiger partial charge on any atom is -0.496 e. The van der Waals surface area contributed by atoms with Gasteiger partial charge in [-0.15, -0.1) is 0 Å². The maximum atomic E-state index is 12.3. The lowest BCUT2D eigenvalue weighted by Crippen LogP contribution is -2.33. The molecule has 0 radical (unpaired) electrons. The Hall–Kier alpha value is -0.680. The van der Waals surface area contributed by atoms with Crippen molar-refractivity contribution in [2.45, 2.75) is 37.5 Å². The van der Waals surface area contributed by atoms with Crippen molar-refractivity contribution in [3.8, 4) is 5.75 Å². The minimum absolute atomic E-state index is 0.0403. The molecular weight excluding hydrogens is 338 g/mol. The number of nitrogens with one attached hydrogen (secondary N) is 1. The Balaban J connectivity index is 1.99. The van der Waals surface area contributed by atoms with Crippen LogP contribution in [0, 0.1) is 0 Å². The molecule has 1 fully saturated rings. The standard InChI is InChI=1S/C15H20BrNO2S/c1-3-20-12-6-5-11(9-12)17-15(18)13-7-4-10(16)8-14(13)19-2/h4,7-8,11-12H,3,5-6,9H2,1-2H3,(H,17,18). The number of benzene rings is 1. The van der Waals surface area contributed by atoms with Crippen molar-refractivity contribution in [3.63, 3.8) is 0 Å². The Labute approximate surface area is 133 Å². The highest BCUT2D eigenvalue weighted by Gasteiger charge is 2.26. The van der Waals surface area contributed by atoms with Gasteiger partial charge >= 0.3 is 0 Å². The molecule has 1 saturated carbocycles. The number of ether oxygens (including phenoxy) is 1. The third-order valence-corrected chi connectivity index (χ3v) is 5.26. The second kappa shape index (κ2) is 7.36. The van der Waals surface area contributed by atoms with E-state index in [0.29, 0.717) is 22.6 Å². The first-order valence-corrected chi connectivity index (χ1v) is 8.74. The van der Waals surface area contributed by atoms with Gasteiger partial charge in [0.25, 0.3) is 5.91 Å². The van der Waals surface area contributed by atoms with Crippen LogP contribution in [-0.2, 0) is 0 Å². The van der Waals surface area contributed by atoms with E-state index in [1.807, 2.05) is 23.9 Å². The van der Waals surface area contributed by atoms with Gasteiger partial charge in [-0.25, -0.2) is 0 Å². The summed E-state index contributed by atoms with van der Waals surface area (Å²) in [7, 11) is 1.59. The Bertz CT molecular complexity index is 481. The van der Waals surface area contributed by atoms with Crippen LogP contribution < -0.4 is 10.1 Å². The number of methoxy groups -OCH3 is 1. The monoisotopic (exact) mass is 357 g/mol. The lowest BCUT2D eigenvalue weighted by Gasteiger charge is -2.15. The van der Waals surface area contributed by atoms with Crippen LogP contribution in [0.5, 0.6) is 5.75 Å². The molecule has 2 rings (SSSR count). The van der Waals surface area contributed by atoms with Crippen molar-refractivity contribution in [2.75, 3.05) is 12.9 Å². The Morgan fingerprint density at radius 1 is 1.50 bits per heavy atom. The molecule has 0 aliphatic heterocycles. The molecule has 1 aliphatic carbocycles. The zero-order chi connectivity index (χ0) is 14.5. The summed E-state index contributed by atoms with van der Waals surface area (Å²) in [4.78, 5) is 12.3. The summed E-state index contributed by atoms with van der Waals surface area (Å²) in [5, 5.41) is 3.82. The summed E-state index contributed by atoms with van der Waals surface area (Å²) in [5.74, 6) is 1.71. The molecule has 20 heavy (non-hydrogen) atoms. The average Bonchev–Trinajstić information content (AvgIpc) is 2.86. The van der Waals surface area contributed by atoms with Gasteiger partial charge in [-0.05, 0) is 43.2 Å². The maximum absolute atomic E-state index is 12.3. The summed E-state index contributed by atoms with van der Waals surface area (Å²) >= 11 is 5.38. The summed E-state index contributed by atoms with van der Waals surface area (Å²) in [6.45, 7) is 2.18. The van der Waals surface area contributed by atoms with Gasteiger partial charge in [0.2, 0.25) is 0 Å². The highest BCUT2D eigenvalue weighted by Crippen LogP contribution is 2.30. The second-order valence-corrected chi connectivity index (χ2v) is 7.40. The van der Waals surface area contributed by atoms with Gasteiger partial charge < -0.3 is 10.1 Å². The first kappa shape index (κ1) is 15.7. The van der Waals surface area contributed by atoms with Crippen LogP contribution in [0.25, 0.3) is 0 Å². The molecule has 5 heteroatoms. The highest BCUT2D eigenvalue weighted by molar-refractivity contribution is 9.10. The zero-order valence-electron chi connectivity index (χ0n) is 11.8. The number of hydrogen-bond donors (Lipinski definition) is 1. The van der Waals surface area contributed by atoms with Gasteiger partial charge in [-0.3, -0.25) is 4.79 Å². The Kier molecular flexibility index (Phi) is 5.78. The van der Waals surface area contributed by atoms with Gasteiger partial charge in [0.05, 0.1) is 12.7 Å². The summed E-state index contributed by atoms with van der Waals surface area (Å²) < 4.78 is 6.19. The topological polar surface area (TPSA) is 38.3 Å². The van der Waals surface area contributed by atoms with Crippen molar-refractivity contribution in [2.24, 2.45) is 0 Å². The first-order valence-electron chi connectivity index (χ1n) is 6.90. The third-order valence-electron chi connectivity index (χ3n) is 3.53. The number of carbonyl (C=O) groups is 1. The fourth-order valence-corrected chi connectivity index (χ4v) is 4.06. The number of thioether (sulfide) groups is 1. The lowest BCUT2D eigenvalue weighted by atomic mass is 10.1. The van der Waals surface area contributed by atoms with Crippen LogP contribution in [0.3, 0.4) is 0 Å². The molecule has 2 atom stereocenters. The molecule has 110 valence electrons. The normalized spacial score (nSPS) is 21.8. The van der Waals surface area contributed by atoms with Crippen molar-refractivity contribution >= 4 is 33.6 Å². The van der Waals surface area contributed by atoms with Crippen molar-refractivity contribution in [1.29, 1.82) is 0 Å². The van der Waals surface area contributed by atoms with Crippen molar-refractivity contribution in [3.05, 3.63) is 28.2 Å². The van der Waals surface area contributed by atoms with E-state index in [-0.39, 0.29) is 5.91 Å². The summed E-state index contributed by atoms with van der Waals surface area (Å²) in [6, 6.07) is 5.77. The largest absolute Gasteiger partial charge is 0.496 e. The fraction of sp³-hybridized carbons (Fsp3) is 0.533. The molecular formula is C15H20BrNO2S. The Morgan fingerprint density at radius 2 is 2.30 bits per heavy atom. The molecule has 1 aromatic carbocycles. The van der Waals surface area contributed by atoms with E-state index < -0.39 is 0 Å². The van der Waals surface area contributed by atoms with Crippen molar-refractivity contribution in [1.82, 2.24) is 5.32 Å². The third kappa shape index (κ3) is 3.92. The maximum Gasteiger partial charge on any atom is 0.255 e. The predicted molar refractivity (Wildman–Crippen MR) is 87.7 cm³/mol. The van der Waals surface area contributed by atoms with E-state index in [4.69, 9.17) is 4.74 Å². The van der Waals surface area contributed by atoms with Crippen LogP contribution in [0.2, 0.25) is 0 Å². The zero-order valence-corrected chi connectivity index (χ0v) is 14.2. The lowest BCUT2D eigenvalue weighted by molar-refractivity contribution is 0.0935. The number of halogens is 1. The van der Waals surface area contributed by atoms with E-state index in [2.05, 4.69) is 28.2 Å². The molecule has 1 aromatic rings. The van der Waals surface area contributed by atoms with Gasteiger partial charge in [0.15, 0.2) is 0 Å². The smallest absolute Gasteiger partial charge is 0.255 e. The minimum atomic E-state index is -0.0403. The SMILES string of the molecule is CCSC1CCC(NC(=O)c2ccc(Br)cc2OC)C1. The first-order chi connectivity index (χ1) is 9.63. The van der Waals surface area contributed by atoms with Crippen molar-refractivity contribution < 1.29 is 9.53 Å². The molecule has 1 amide bonds. The molecule has 1 aliphatic rings. The fourth-order valence-electron chi connectivity index (χ4n) is 2.57. The Morgan fingerprint density at radius 3 is 3.00 bits per heavy atom. The number of carbonyl (C=O) groups excluding carboxylic acids is 1. The molecule has 0 spiro atoms. The van der Waals surface area contributed by atoms with Gasteiger partial charge in [0.1, 0.15) is 5.75 Å².